The van der Waals surface area contributed by atoms with Gasteiger partial charge in [-0.25, -0.2) is 0 Å². The molecule has 3 aromatic rings. The van der Waals surface area contributed by atoms with Crippen molar-refractivity contribution in [1.82, 2.24) is 15.1 Å². The van der Waals surface area contributed by atoms with E-state index in [-0.39, 0.29) is 36.4 Å². The molecule has 0 bridgehead atoms. The van der Waals surface area contributed by atoms with Crippen molar-refractivity contribution in [2.75, 3.05) is 20.3 Å². The van der Waals surface area contributed by atoms with Crippen LogP contribution in [0.15, 0.2) is 78.9 Å². The molecule has 1 saturated heterocycles. The van der Waals surface area contributed by atoms with E-state index in [1.807, 2.05) is 48.2 Å². The van der Waals surface area contributed by atoms with Crippen LogP contribution in [0.2, 0.25) is 0 Å². The van der Waals surface area contributed by atoms with Gasteiger partial charge < -0.3 is 24.6 Å². The van der Waals surface area contributed by atoms with Crippen LogP contribution in [0, 0.1) is 6.92 Å². The minimum absolute atomic E-state index is 0.0777. The summed E-state index contributed by atoms with van der Waals surface area (Å²) in [5.74, 6) is 0.879. The molecule has 8 nitrogen and oxygen atoms in total. The number of rotatable bonds is 10. The Balaban J connectivity index is 1.32. The van der Waals surface area contributed by atoms with Crippen LogP contribution in [-0.4, -0.2) is 65.9 Å². The fourth-order valence-electron chi connectivity index (χ4n) is 6.26. The van der Waals surface area contributed by atoms with Crippen LogP contribution in [0.4, 0.5) is 0 Å². The summed E-state index contributed by atoms with van der Waals surface area (Å²) >= 11 is 0. The van der Waals surface area contributed by atoms with Crippen molar-refractivity contribution in [3.8, 4) is 11.5 Å². The summed E-state index contributed by atoms with van der Waals surface area (Å²) in [6.07, 6.45) is 4.87. The van der Waals surface area contributed by atoms with E-state index < -0.39 is 6.04 Å². The molecule has 0 unspecified atom stereocenters. The van der Waals surface area contributed by atoms with Gasteiger partial charge in [-0.2, -0.15) is 0 Å². The molecule has 1 saturated carbocycles. The van der Waals surface area contributed by atoms with Crippen molar-refractivity contribution in [2.24, 2.45) is 0 Å². The minimum Gasteiger partial charge on any atom is -0.497 e. The average Bonchev–Trinajstić information content (AvgIpc) is 3.54. The lowest BCUT2D eigenvalue weighted by molar-refractivity contribution is -0.140. The van der Waals surface area contributed by atoms with Gasteiger partial charge in [0.15, 0.2) is 6.61 Å². The van der Waals surface area contributed by atoms with E-state index in [0.717, 1.165) is 43.2 Å². The number of carbonyl (C=O) groups is 3. The summed E-state index contributed by atoms with van der Waals surface area (Å²) in [7, 11) is 1.60. The smallest absolute Gasteiger partial charge is 0.261 e. The second-order valence-corrected chi connectivity index (χ2v) is 11.5. The number of aryl methyl sites for hydroxylation is 1. The molecule has 5 rings (SSSR count). The molecule has 2 fully saturated rings. The molecule has 3 amide bonds. The van der Waals surface area contributed by atoms with E-state index in [1.54, 1.807) is 48.4 Å². The largest absolute Gasteiger partial charge is 0.497 e. The summed E-state index contributed by atoms with van der Waals surface area (Å²) in [5.41, 5.74) is 2.75. The van der Waals surface area contributed by atoms with Gasteiger partial charge in [-0.3, -0.25) is 14.4 Å². The Hall–Kier alpha value is -4.33. The standard InChI is InChI=1S/C35H41N3O5/c1-25-10-8-11-26(22-25)23-38(35(41)27-17-19-28(42-2)20-18-27)31-15-7-6-14-30(31)36-34(40)32-16-9-21-37(32)33(39)24-43-29-12-4-3-5-13-29/h3-5,8,10-13,17-20,22,30-32H,6-7,9,14-16,21,23-24H2,1-2H3,(H,36,40)/t30-,31-,32+/m1/s1. The van der Waals surface area contributed by atoms with Crippen molar-refractivity contribution in [3.63, 3.8) is 0 Å². The number of para-hydroxylation sites is 1. The van der Waals surface area contributed by atoms with Crippen molar-refractivity contribution in [3.05, 3.63) is 95.6 Å². The van der Waals surface area contributed by atoms with Gasteiger partial charge in [0.25, 0.3) is 11.8 Å². The molecular formula is C35H41N3O5. The van der Waals surface area contributed by atoms with Gasteiger partial charge in [-0.15, -0.1) is 0 Å². The van der Waals surface area contributed by atoms with Crippen LogP contribution in [0.5, 0.6) is 11.5 Å². The summed E-state index contributed by atoms with van der Waals surface area (Å²) in [5, 5.41) is 3.28. The Labute approximate surface area is 254 Å². The van der Waals surface area contributed by atoms with Crippen molar-refractivity contribution in [1.29, 1.82) is 0 Å². The molecule has 1 heterocycles. The van der Waals surface area contributed by atoms with Gasteiger partial charge >= 0.3 is 0 Å². The lowest BCUT2D eigenvalue weighted by atomic mass is 9.88. The van der Waals surface area contributed by atoms with E-state index in [4.69, 9.17) is 9.47 Å². The number of nitrogens with zero attached hydrogens (tertiary/aromatic N) is 2. The number of ether oxygens (including phenoxy) is 2. The van der Waals surface area contributed by atoms with Crippen LogP contribution in [0.25, 0.3) is 0 Å². The molecule has 1 N–H and O–H groups in total. The number of methoxy groups -OCH3 is 1. The molecule has 0 radical (unpaired) electrons. The molecule has 3 atom stereocenters. The highest BCUT2D eigenvalue weighted by molar-refractivity contribution is 5.95. The average molecular weight is 584 g/mol. The maximum Gasteiger partial charge on any atom is 0.261 e. The fraction of sp³-hybridized carbons (Fsp3) is 0.400. The number of amides is 3. The van der Waals surface area contributed by atoms with Crippen molar-refractivity contribution in [2.45, 2.75) is 70.1 Å². The number of likely N-dealkylation sites (tertiary alicyclic amines) is 1. The molecule has 1 aliphatic heterocycles. The van der Waals surface area contributed by atoms with Crippen LogP contribution in [0.3, 0.4) is 0 Å². The third-order valence-corrected chi connectivity index (χ3v) is 8.47. The second-order valence-electron chi connectivity index (χ2n) is 11.5. The molecule has 1 aliphatic carbocycles. The molecule has 0 aromatic heterocycles. The van der Waals surface area contributed by atoms with E-state index in [1.165, 1.54) is 0 Å². The van der Waals surface area contributed by atoms with E-state index in [9.17, 15) is 14.4 Å². The van der Waals surface area contributed by atoms with Crippen molar-refractivity contribution >= 4 is 17.7 Å². The highest BCUT2D eigenvalue weighted by Crippen LogP contribution is 2.28. The SMILES string of the molecule is COc1ccc(C(=O)N(Cc2cccc(C)c2)[C@@H]2CCCC[C@H]2NC(=O)[C@@H]2CCCN2C(=O)COc2ccccc2)cc1. The quantitative estimate of drug-likeness (QED) is 0.357. The number of hydrogen-bond donors (Lipinski definition) is 1. The number of benzene rings is 3. The summed E-state index contributed by atoms with van der Waals surface area (Å²) in [6, 6.07) is 23.6. The molecule has 43 heavy (non-hydrogen) atoms. The van der Waals surface area contributed by atoms with Gasteiger partial charge in [0.2, 0.25) is 5.91 Å². The third kappa shape index (κ3) is 7.55. The first-order valence-corrected chi connectivity index (χ1v) is 15.2. The van der Waals surface area contributed by atoms with Gasteiger partial charge in [0.1, 0.15) is 17.5 Å². The molecule has 2 aliphatic rings. The summed E-state index contributed by atoms with van der Waals surface area (Å²) in [4.78, 5) is 44.4. The molecule has 3 aromatic carbocycles. The Bertz CT molecular complexity index is 1390. The highest BCUT2D eigenvalue weighted by Gasteiger charge is 2.39. The Kier molecular flexibility index (Phi) is 9.97. The van der Waals surface area contributed by atoms with Crippen LogP contribution >= 0.6 is 0 Å². The maximum absolute atomic E-state index is 14.1. The first-order valence-electron chi connectivity index (χ1n) is 15.2. The zero-order valence-corrected chi connectivity index (χ0v) is 25.0. The topological polar surface area (TPSA) is 88.2 Å². The molecule has 226 valence electrons. The van der Waals surface area contributed by atoms with Gasteiger partial charge in [-0.05, 0) is 74.6 Å². The molecule has 8 heteroatoms. The van der Waals surface area contributed by atoms with Crippen molar-refractivity contribution < 1.29 is 23.9 Å². The Morgan fingerprint density at radius 2 is 1.65 bits per heavy atom. The minimum atomic E-state index is -0.544. The first-order chi connectivity index (χ1) is 20.9. The summed E-state index contributed by atoms with van der Waals surface area (Å²) < 4.78 is 11.0. The number of nitrogens with one attached hydrogen (secondary N) is 1. The van der Waals surface area contributed by atoms with Crippen LogP contribution in [-0.2, 0) is 16.1 Å². The zero-order valence-electron chi connectivity index (χ0n) is 25.0. The predicted octanol–water partition coefficient (Wildman–Crippen LogP) is 5.14. The number of hydrogen-bond acceptors (Lipinski definition) is 5. The van der Waals surface area contributed by atoms with Crippen LogP contribution in [0.1, 0.15) is 60.0 Å². The lowest BCUT2D eigenvalue weighted by Crippen LogP contribution is -2.58. The summed E-state index contributed by atoms with van der Waals surface area (Å²) in [6.45, 7) is 2.90. The molecular weight excluding hydrogens is 542 g/mol. The highest BCUT2D eigenvalue weighted by atomic mass is 16.5. The first kappa shape index (κ1) is 30.1. The second kappa shape index (κ2) is 14.2. The van der Waals surface area contributed by atoms with E-state index in [0.29, 0.717) is 36.6 Å². The van der Waals surface area contributed by atoms with Gasteiger partial charge in [-0.1, -0.05) is 60.9 Å². The predicted molar refractivity (Wildman–Crippen MR) is 165 cm³/mol. The normalized spacial score (nSPS) is 19.9. The maximum atomic E-state index is 14.1. The lowest BCUT2D eigenvalue weighted by Gasteiger charge is -2.41. The van der Waals surface area contributed by atoms with E-state index in [2.05, 4.69) is 11.4 Å². The Morgan fingerprint density at radius 3 is 2.40 bits per heavy atom. The molecule has 0 spiro atoms. The van der Waals surface area contributed by atoms with Gasteiger partial charge in [0.05, 0.1) is 13.2 Å². The number of carbonyl (C=O) groups excluding carboxylic acids is 3. The Morgan fingerprint density at radius 1 is 0.884 bits per heavy atom. The van der Waals surface area contributed by atoms with E-state index >= 15 is 0 Å². The van der Waals surface area contributed by atoms with Crippen LogP contribution < -0.4 is 14.8 Å². The monoisotopic (exact) mass is 583 g/mol. The zero-order chi connectivity index (χ0) is 30.2. The van der Waals surface area contributed by atoms with Gasteiger partial charge in [0, 0.05) is 24.7 Å². The fourth-order valence-corrected chi connectivity index (χ4v) is 6.26. The third-order valence-electron chi connectivity index (χ3n) is 8.47.